The van der Waals surface area contributed by atoms with E-state index in [4.69, 9.17) is 0 Å². The smallest absolute Gasteiger partial charge is 0.0819 e. The summed E-state index contributed by atoms with van der Waals surface area (Å²) < 4.78 is 1.35. The van der Waals surface area contributed by atoms with Gasteiger partial charge in [-0.2, -0.15) is 0 Å². The van der Waals surface area contributed by atoms with Crippen LogP contribution in [0.1, 0.15) is 36.3 Å². The fourth-order valence-corrected chi connectivity index (χ4v) is 4.52. The van der Waals surface area contributed by atoms with E-state index in [0.717, 1.165) is 36.4 Å². The number of nitrogens with zero attached hydrogens (tertiary/aromatic N) is 2. The van der Waals surface area contributed by atoms with Crippen LogP contribution in [0.2, 0.25) is 0 Å². The highest BCUT2D eigenvalue weighted by atomic mass is 32.1. The van der Waals surface area contributed by atoms with Gasteiger partial charge in [0, 0.05) is 18.9 Å². The highest BCUT2D eigenvalue weighted by Gasteiger charge is 2.22. The molecule has 5 heteroatoms. The number of hydrogen-bond donors (Lipinski definition) is 1. The van der Waals surface area contributed by atoms with Crippen molar-refractivity contribution in [3.05, 3.63) is 47.8 Å². The minimum absolute atomic E-state index is 0.736. The molecule has 0 saturated heterocycles. The lowest BCUT2D eigenvalue weighted by Crippen LogP contribution is -2.15. The van der Waals surface area contributed by atoms with Gasteiger partial charge in [0.1, 0.15) is 0 Å². The van der Waals surface area contributed by atoms with E-state index < -0.39 is 0 Å². The van der Waals surface area contributed by atoms with Crippen LogP contribution in [0, 0.1) is 0 Å². The van der Waals surface area contributed by atoms with Gasteiger partial charge >= 0.3 is 0 Å². The molecule has 0 aromatic carbocycles. The molecule has 3 heterocycles. The van der Waals surface area contributed by atoms with Crippen LogP contribution in [-0.2, 0) is 6.54 Å². The summed E-state index contributed by atoms with van der Waals surface area (Å²) in [7, 11) is 2.73. The molecule has 1 fully saturated rings. The number of hydrogen-bond acceptors (Lipinski definition) is 4. The van der Waals surface area contributed by atoms with Gasteiger partial charge in [0.2, 0.25) is 0 Å². The van der Waals surface area contributed by atoms with Crippen LogP contribution < -0.4 is 5.32 Å². The van der Waals surface area contributed by atoms with Crippen LogP contribution >= 0.6 is 20.6 Å². The molecule has 0 amide bonds. The first-order valence-electron chi connectivity index (χ1n) is 8.59. The first-order chi connectivity index (χ1) is 11.8. The largest absolute Gasteiger partial charge is 0.312 e. The SMILES string of the molecule is PCCNCc1ccc(-c2cc3nccc(C4CCC4)c3s2)nc1. The van der Waals surface area contributed by atoms with Crippen molar-refractivity contribution >= 4 is 30.8 Å². The van der Waals surface area contributed by atoms with Gasteiger partial charge in [0.15, 0.2) is 0 Å². The molecular formula is C19H22N3PS. The van der Waals surface area contributed by atoms with Gasteiger partial charge in [0.25, 0.3) is 0 Å². The lowest BCUT2D eigenvalue weighted by molar-refractivity contribution is 0.422. The first kappa shape index (κ1) is 16.1. The highest BCUT2D eigenvalue weighted by molar-refractivity contribution is 7.22. The van der Waals surface area contributed by atoms with Crippen molar-refractivity contribution in [1.29, 1.82) is 0 Å². The van der Waals surface area contributed by atoms with Crippen LogP contribution in [0.25, 0.3) is 20.8 Å². The van der Waals surface area contributed by atoms with Crippen molar-refractivity contribution in [3.8, 4) is 10.6 Å². The molecule has 1 aliphatic carbocycles. The molecule has 1 atom stereocenters. The summed E-state index contributed by atoms with van der Waals surface area (Å²) in [6.45, 7) is 1.89. The Morgan fingerprint density at radius 3 is 2.83 bits per heavy atom. The third kappa shape index (κ3) is 3.23. The van der Waals surface area contributed by atoms with Crippen LogP contribution in [0.3, 0.4) is 0 Å². The molecule has 0 aliphatic heterocycles. The zero-order valence-corrected chi connectivity index (χ0v) is 15.6. The molecule has 0 radical (unpaired) electrons. The van der Waals surface area contributed by atoms with Gasteiger partial charge in [-0.3, -0.25) is 9.97 Å². The van der Waals surface area contributed by atoms with Gasteiger partial charge in [-0.1, -0.05) is 12.5 Å². The Hall–Kier alpha value is -1.35. The molecule has 24 heavy (non-hydrogen) atoms. The molecule has 3 nitrogen and oxygen atoms in total. The topological polar surface area (TPSA) is 37.8 Å². The molecular weight excluding hydrogens is 333 g/mol. The summed E-state index contributed by atoms with van der Waals surface area (Å²) in [6.07, 6.45) is 9.02. The molecule has 0 spiro atoms. The average Bonchev–Trinajstić information content (AvgIpc) is 2.99. The van der Waals surface area contributed by atoms with Crippen molar-refractivity contribution in [1.82, 2.24) is 15.3 Å². The number of thiophene rings is 1. The molecule has 3 aromatic heterocycles. The van der Waals surface area contributed by atoms with Gasteiger partial charge in [-0.05, 0) is 60.8 Å². The maximum atomic E-state index is 4.67. The summed E-state index contributed by atoms with van der Waals surface area (Å²) in [6, 6.07) is 8.70. The van der Waals surface area contributed by atoms with E-state index in [-0.39, 0.29) is 0 Å². The Morgan fingerprint density at radius 1 is 1.21 bits per heavy atom. The Balaban J connectivity index is 1.59. The van der Waals surface area contributed by atoms with Crippen LogP contribution in [0.4, 0.5) is 0 Å². The lowest BCUT2D eigenvalue weighted by atomic mass is 9.80. The molecule has 1 N–H and O–H groups in total. The molecule has 0 bridgehead atoms. The van der Waals surface area contributed by atoms with Gasteiger partial charge in [0.05, 0.1) is 20.8 Å². The zero-order chi connectivity index (χ0) is 16.4. The first-order valence-corrected chi connectivity index (χ1v) is 10.2. The summed E-state index contributed by atoms with van der Waals surface area (Å²) in [4.78, 5) is 10.5. The second-order valence-electron chi connectivity index (χ2n) is 6.37. The maximum Gasteiger partial charge on any atom is 0.0819 e. The minimum atomic E-state index is 0.736. The molecule has 1 aliphatic rings. The number of pyridine rings is 2. The molecule has 124 valence electrons. The Labute approximate surface area is 149 Å². The summed E-state index contributed by atoms with van der Waals surface area (Å²) in [5.74, 6) is 0.736. The monoisotopic (exact) mass is 355 g/mol. The minimum Gasteiger partial charge on any atom is -0.312 e. The van der Waals surface area contributed by atoms with Crippen molar-refractivity contribution in [3.63, 3.8) is 0 Å². The average molecular weight is 355 g/mol. The fourth-order valence-electron chi connectivity index (χ4n) is 3.13. The van der Waals surface area contributed by atoms with Crippen molar-refractivity contribution in [2.45, 2.75) is 31.7 Å². The van der Waals surface area contributed by atoms with Gasteiger partial charge in [-0.15, -0.1) is 20.6 Å². The Kier molecular flexibility index (Phi) is 4.88. The lowest BCUT2D eigenvalue weighted by Gasteiger charge is -2.25. The quantitative estimate of drug-likeness (QED) is 0.519. The predicted octanol–water partition coefficient (Wildman–Crippen LogP) is 4.59. The number of nitrogens with one attached hydrogen (secondary N) is 1. The van der Waals surface area contributed by atoms with E-state index in [9.17, 15) is 0 Å². The third-order valence-electron chi connectivity index (χ3n) is 4.71. The second-order valence-corrected chi connectivity index (χ2v) is 8.00. The van der Waals surface area contributed by atoms with Crippen molar-refractivity contribution in [2.24, 2.45) is 0 Å². The molecule has 3 aromatic rings. The number of fused-ring (bicyclic) bond motifs is 1. The third-order valence-corrected chi connectivity index (χ3v) is 6.20. The fraction of sp³-hybridized carbons (Fsp3) is 0.368. The Bertz CT molecular complexity index is 824. The van der Waals surface area contributed by atoms with Gasteiger partial charge in [-0.25, -0.2) is 0 Å². The van der Waals surface area contributed by atoms with E-state index in [1.807, 2.05) is 23.7 Å². The van der Waals surface area contributed by atoms with Crippen molar-refractivity contribution < 1.29 is 0 Å². The standard InChI is InChI=1S/C19H22N3PS/c23-9-8-20-11-13-4-5-16(22-12-13)18-10-17-19(24-18)15(6-7-21-17)14-2-1-3-14/h4-7,10,12,14,20H,1-3,8-9,11,23H2. The predicted molar refractivity (Wildman–Crippen MR) is 106 cm³/mol. The van der Waals surface area contributed by atoms with Crippen LogP contribution in [0.5, 0.6) is 0 Å². The van der Waals surface area contributed by atoms with E-state index in [1.54, 1.807) is 0 Å². The molecule has 1 saturated carbocycles. The summed E-state index contributed by atoms with van der Waals surface area (Å²) >= 11 is 1.84. The van der Waals surface area contributed by atoms with Crippen molar-refractivity contribution in [2.75, 3.05) is 12.7 Å². The molecule has 1 unspecified atom stereocenters. The van der Waals surface area contributed by atoms with E-state index in [1.165, 1.54) is 40.0 Å². The van der Waals surface area contributed by atoms with Crippen LogP contribution in [-0.4, -0.2) is 22.7 Å². The van der Waals surface area contributed by atoms with E-state index >= 15 is 0 Å². The summed E-state index contributed by atoms with van der Waals surface area (Å²) in [5, 5.41) is 3.40. The van der Waals surface area contributed by atoms with E-state index in [2.05, 4.69) is 48.8 Å². The zero-order valence-electron chi connectivity index (χ0n) is 13.7. The van der Waals surface area contributed by atoms with Crippen LogP contribution in [0.15, 0.2) is 36.7 Å². The molecule has 4 rings (SSSR count). The number of aromatic nitrogens is 2. The maximum absolute atomic E-state index is 4.67. The van der Waals surface area contributed by atoms with Gasteiger partial charge < -0.3 is 5.32 Å². The Morgan fingerprint density at radius 2 is 2.12 bits per heavy atom. The second kappa shape index (κ2) is 7.26. The summed E-state index contributed by atoms with van der Waals surface area (Å²) in [5.41, 5.74) is 4.88. The van der Waals surface area contributed by atoms with E-state index in [0.29, 0.717) is 0 Å². The normalized spacial score (nSPS) is 14.9. The number of rotatable bonds is 6. The highest BCUT2D eigenvalue weighted by Crippen LogP contribution is 2.42.